The van der Waals surface area contributed by atoms with E-state index in [0.29, 0.717) is 30.0 Å². The van der Waals surface area contributed by atoms with Crippen LogP contribution in [0.5, 0.6) is 0 Å². The molecule has 2 heterocycles. The maximum Gasteiger partial charge on any atom is 0.312 e. The van der Waals surface area contributed by atoms with Gasteiger partial charge in [-0.3, -0.25) is 10.1 Å². The van der Waals surface area contributed by atoms with Crippen LogP contribution in [0.1, 0.15) is 19.8 Å². The Labute approximate surface area is 120 Å². The molecule has 0 unspecified atom stereocenters. The van der Waals surface area contributed by atoms with Gasteiger partial charge in [0.2, 0.25) is 5.82 Å². The van der Waals surface area contributed by atoms with Crippen LogP contribution >= 0.6 is 15.9 Å². The van der Waals surface area contributed by atoms with E-state index in [1.165, 1.54) is 6.07 Å². The Morgan fingerprint density at radius 2 is 2.26 bits per heavy atom. The summed E-state index contributed by atoms with van der Waals surface area (Å²) < 4.78 is 5.96. The van der Waals surface area contributed by atoms with Crippen molar-refractivity contribution in [1.29, 1.82) is 0 Å². The molecule has 2 rings (SSSR count). The van der Waals surface area contributed by atoms with Gasteiger partial charge in [0.15, 0.2) is 0 Å². The molecule has 1 fully saturated rings. The molecule has 104 valence electrons. The zero-order chi connectivity index (χ0) is 13.8. The van der Waals surface area contributed by atoms with Gasteiger partial charge in [-0.15, -0.1) is 0 Å². The van der Waals surface area contributed by atoms with Crippen molar-refractivity contribution in [3.63, 3.8) is 0 Å². The van der Waals surface area contributed by atoms with E-state index >= 15 is 0 Å². The van der Waals surface area contributed by atoms with Gasteiger partial charge in [0, 0.05) is 42.5 Å². The standard InChI is InChI=1S/C12H16BrN3O3/c1-2-15(10-3-5-19-6-4-10)12-11(16(17)18)7-9(13)8-14-12/h7-8,10H,2-6H2,1H3. The fourth-order valence-corrected chi connectivity index (χ4v) is 2.67. The summed E-state index contributed by atoms with van der Waals surface area (Å²) >= 11 is 3.23. The molecular formula is C12H16BrN3O3. The summed E-state index contributed by atoms with van der Waals surface area (Å²) in [6.45, 7) is 4.08. The van der Waals surface area contributed by atoms with Crippen LogP contribution in [0.3, 0.4) is 0 Å². The zero-order valence-corrected chi connectivity index (χ0v) is 12.3. The molecule has 1 aromatic heterocycles. The Hall–Kier alpha value is -1.21. The number of hydrogen-bond acceptors (Lipinski definition) is 5. The Bertz CT molecular complexity index is 464. The van der Waals surface area contributed by atoms with E-state index in [0.717, 1.165) is 12.8 Å². The van der Waals surface area contributed by atoms with Gasteiger partial charge in [0.1, 0.15) is 0 Å². The fraction of sp³-hybridized carbons (Fsp3) is 0.583. The van der Waals surface area contributed by atoms with Crippen molar-refractivity contribution in [2.75, 3.05) is 24.7 Å². The van der Waals surface area contributed by atoms with Gasteiger partial charge in [-0.2, -0.15) is 0 Å². The zero-order valence-electron chi connectivity index (χ0n) is 10.7. The topological polar surface area (TPSA) is 68.5 Å². The second kappa shape index (κ2) is 6.29. The normalized spacial score (nSPS) is 16.3. The number of pyridine rings is 1. The Morgan fingerprint density at radius 3 is 2.84 bits per heavy atom. The van der Waals surface area contributed by atoms with Crippen molar-refractivity contribution in [1.82, 2.24) is 4.98 Å². The average Bonchev–Trinajstić information content (AvgIpc) is 2.42. The van der Waals surface area contributed by atoms with Crippen molar-refractivity contribution in [3.8, 4) is 0 Å². The van der Waals surface area contributed by atoms with Gasteiger partial charge in [-0.25, -0.2) is 4.98 Å². The summed E-state index contributed by atoms with van der Waals surface area (Å²) in [5, 5.41) is 11.2. The number of nitrogens with zero attached hydrogens (tertiary/aromatic N) is 3. The molecule has 19 heavy (non-hydrogen) atoms. The third kappa shape index (κ3) is 3.22. The molecule has 0 radical (unpaired) electrons. The minimum Gasteiger partial charge on any atom is -0.381 e. The van der Waals surface area contributed by atoms with Crippen molar-refractivity contribution in [3.05, 3.63) is 26.9 Å². The Kier molecular flexibility index (Phi) is 4.71. The molecular weight excluding hydrogens is 314 g/mol. The number of aromatic nitrogens is 1. The highest BCUT2D eigenvalue weighted by molar-refractivity contribution is 9.10. The van der Waals surface area contributed by atoms with Crippen LogP contribution in [0.4, 0.5) is 11.5 Å². The quantitative estimate of drug-likeness (QED) is 0.627. The van der Waals surface area contributed by atoms with Crippen LogP contribution in [-0.4, -0.2) is 35.7 Å². The number of ether oxygens (including phenoxy) is 1. The lowest BCUT2D eigenvalue weighted by Crippen LogP contribution is -2.40. The molecule has 0 aliphatic carbocycles. The molecule has 1 aromatic rings. The number of hydrogen-bond donors (Lipinski definition) is 0. The van der Waals surface area contributed by atoms with E-state index in [1.54, 1.807) is 6.20 Å². The summed E-state index contributed by atoms with van der Waals surface area (Å²) in [4.78, 5) is 17.0. The predicted molar refractivity (Wildman–Crippen MR) is 75.5 cm³/mol. The maximum atomic E-state index is 11.2. The first-order chi connectivity index (χ1) is 9.13. The second-order valence-corrected chi connectivity index (χ2v) is 5.30. The van der Waals surface area contributed by atoms with Gasteiger partial charge >= 0.3 is 5.69 Å². The van der Waals surface area contributed by atoms with Crippen molar-refractivity contribution < 1.29 is 9.66 Å². The summed E-state index contributed by atoms with van der Waals surface area (Å²) in [6, 6.07) is 1.76. The van der Waals surface area contributed by atoms with Crippen LogP contribution in [-0.2, 0) is 4.74 Å². The van der Waals surface area contributed by atoms with E-state index in [4.69, 9.17) is 4.74 Å². The predicted octanol–water partition coefficient (Wildman–Crippen LogP) is 2.76. The third-order valence-electron chi connectivity index (χ3n) is 3.25. The Morgan fingerprint density at radius 1 is 1.58 bits per heavy atom. The van der Waals surface area contributed by atoms with Gasteiger partial charge in [-0.1, -0.05) is 0 Å². The lowest BCUT2D eigenvalue weighted by Gasteiger charge is -2.34. The minimum atomic E-state index is -0.380. The van der Waals surface area contributed by atoms with E-state index < -0.39 is 0 Å². The van der Waals surface area contributed by atoms with E-state index in [-0.39, 0.29) is 16.7 Å². The number of rotatable bonds is 4. The molecule has 0 amide bonds. The molecule has 0 bridgehead atoms. The first-order valence-corrected chi connectivity index (χ1v) is 7.07. The van der Waals surface area contributed by atoms with Crippen LogP contribution in [0, 0.1) is 10.1 Å². The second-order valence-electron chi connectivity index (χ2n) is 4.38. The van der Waals surface area contributed by atoms with Gasteiger partial charge in [0.05, 0.1) is 4.92 Å². The van der Waals surface area contributed by atoms with E-state index in [2.05, 4.69) is 20.9 Å². The summed E-state index contributed by atoms with van der Waals surface area (Å²) in [5.74, 6) is 0.447. The van der Waals surface area contributed by atoms with E-state index in [9.17, 15) is 10.1 Å². The molecule has 1 aliphatic rings. The highest BCUT2D eigenvalue weighted by Crippen LogP contribution is 2.31. The van der Waals surface area contributed by atoms with Crippen LogP contribution in [0.15, 0.2) is 16.7 Å². The molecule has 0 spiro atoms. The maximum absolute atomic E-state index is 11.2. The van der Waals surface area contributed by atoms with Crippen LogP contribution in [0.2, 0.25) is 0 Å². The van der Waals surface area contributed by atoms with Crippen LogP contribution in [0.25, 0.3) is 0 Å². The van der Waals surface area contributed by atoms with Crippen LogP contribution < -0.4 is 4.90 Å². The average molecular weight is 330 g/mol. The first kappa shape index (κ1) is 14.2. The lowest BCUT2D eigenvalue weighted by atomic mass is 10.1. The fourth-order valence-electron chi connectivity index (χ4n) is 2.35. The molecule has 0 atom stereocenters. The number of nitro groups is 1. The molecule has 1 aliphatic heterocycles. The summed E-state index contributed by atoms with van der Waals surface area (Å²) in [5.41, 5.74) is 0.0442. The lowest BCUT2D eigenvalue weighted by molar-refractivity contribution is -0.384. The van der Waals surface area contributed by atoms with Crippen molar-refractivity contribution in [2.45, 2.75) is 25.8 Å². The van der Waals surface area contributed by atoms with Crippen molar-refractivity contribution in [2.24, 2.45) is 0 Å². The largest absolute Gasteiger partial charge is 0.381 e. The summed E-state index contributed by atoms with van der Waals surface area (Å²) in [6.07, 6.45) is 3.36. The SMILES string of the molecule is CCN(c1ncc(Br)cc1[N+](=O)[O-])C1CCOCC1. The molecule has 0 aromatic carbocycles. The number of anilines is 1. The molecule has 6 nitrogen and oxygen atoms in total. The minimum absolute atomic E-state index is 0.0442. The third-order valence-corrected chi connectivity index (χ3v) is 3.69. The molecule has 7 heteroatoms. The first-order valence-electron chi connectivity index (χ1n) is 6.27. The Balaban J connectivity index is 2.34. The van der Waals surface area contributed by atoms with Gasteiger partial charge < -0.3 is 9.64 Å². The monoisotopic (exact) mass is 329 g/mol. The highest BCUT2D eigenvalue weighted by Gasteiger charge is 2.27. The molecule has 0 saturated carbocycles. The smallest absolute Gasteiger partial charge is 0.312 e. The van der Waals surface area contributed by atoms with Gasteiger partial charge in [0.25, 0.3) is 0 Å². The molecule has 1 saturated heterocycles. The number of halogens is 1. The molecule has 0 N–H and O–H groups in total. The summed E-state index contributed by atoms with van der Waals surface area (Å²) in [7, 11) is 0. The van der Waals surface area contributed by atoms with Crippen molar-refractivity contribution >= 4 is 27.4 Å². The van der Waals surface area contributed by atoms with E-state index in [1.807, 2.05) is 11.8 Å². The highest BCUT2D eigenvalue weighted by atomic mass is 79.9. The van der Waals surface area contributed by atoms with Gasteiger partial charge in [-0.05, 0) is 35.7 Å².